The van der Waals surface area contributed by atoms with Crippen LogP contribution >= 0.6 is 0 Å². The van der Waals surface area contributed by atoms with E-state index in [1.54, 1.807) is 13.0 Å². The number of nitrogens with one attached hydrogen (secondary N) is 2. The highest BCUT2D eigenvalue weighted by molar-refractivity contribution is 5.67. The van der Waals surface area contributed by atoms with Gasteiger partial charge in [0, 0.05) is 19.6 Å². The molecular formula is C17H25FN2O2. The highest BCUT2D eigenvalue weighted by atomic mass is 19.1. The topological polar surface area (TPSA) is 50.4 Å². The van der Waals surface area contributed by atoms with Gasteiger partial charge in [0.25, 0.3) is 0 Å². The number of ether oxygens (including phenoxy) is 1. The molecule has 0 aliphatic carbocycles. The minimum absolute atomic E-state index is 0.184. The lowest BCUT2D eigenvalue weighted by Crippen LogP contribution is -2.32. The third kappa shape index (κ3) is 7.78. The Morgan fingerprint density at radius 2 is 1.95 bits per heavy atom. The molecule has 0 bridgehead atoms. The maximum Gasteiger partial charge on any atom is 0.407 e. The van der Waals surface area contributed by atoms with Crippen molar-refractivity contribution in [3.63, 3.8) is 0 Å². The molecule has 0 radical (unpaired) electrons. The van der Waals surface area contributed by atoms with Gasteiger partial charge in [0.15, 0.2) is 0 Å². The smallest absolute Gasteiger partial charge is 0.407 e. The summed E-state index contributed by atoms with van der Waals surface area (Å²) < 4.78 is 18.5. The first-order chi connectivity index (χ1) is 10.3. The molecule has 2 N–H and O–H groups in total. The number of hydrogen-bond acceptors (Lipinski definition) is 3. The van der Waals surface area contributed by atoms with Gasteiger partial charge < -0.3 is 15.4 Å². The van der Waals surface area contributed by atoms with Gasteiger partial charge in [0.2, 0.25) is 0 Å². The molecule has 0 aliphatic heterocycles. The van der Waals surface area contributed by atoms with E-state index < -0.39 is 11.7 Å². The fourth-order valence-corrected chi connectivity index (χ4v) is 1.67. The Labute approximate surface area is 131 Å². The fourth-order valence-electron chi connectivity index (χ4n) is 1.67. The lowest BCUT2D eigenvalue weighted by Gasteiger charge is -2.19. The molecule has 4 nitrogen and oxygen atoms in total. The second-order valence-corrected chi connectivity index (χ2v) is 6.07. The number of carbonyl (C=O) groups excluding carboxylic acids is 1. The van der Waals surface area contributed by atoms with Crippen molar-refractivity contribution in [2.24, 2.45) is 0 Å². The molecule has 0 fully saturated rings. The average molecular weight is 308 g/mol. The average Bonchev–Trinajstić information content (AvgIpc) is 2.39. The summed E-state index contributed by atoms with van der Waals surface area (Å²) in [5, 5.41) is 5.81. The summed E-state index contributed by atoms with van der Waals surface area (Å²) in [6, 6.07) is 5.21. The van der Waals surface area contributed by atoms with Gasteiger partial charge in [0.05, 0.1) is 0 Å². The molecule has 1 aromatic rings. The molecule has 1 rings (SSSR count). The van der Waals surface area contributed by atoms with Gasteiger partial charge in [-0.1, -0.05) is 24.3 Å². The summed E-state index contributed by atoms with van der Waals surface area (Å²) in [4.78, 5) is 11.4. The zero-order valence-electron chi connectivity index (χ0n) is 13.7. The monoisotopic (exact) mass is 308 g/mol. The van der Waals surface area contributed by atoms with E-state index in [4.69, 9.17) is 4.74 Å². The van der Waals surface area contributed by atoms with Crippen LogP contribution in [0.5, 0.6) is 0 Å². The zero-order chi connectivity index (χ0) is 16.6. The van der Waals surface area contributed by atoms with E-state index in [-0.39, 0.29) is 5.82 Å². The fraction of sp³-hybridized carbons (Fsp3) is 0.471. The second-order valence-electron chi connectivity index (χ2n) is 6.07. The molecule has 5 heteroatoms. The Balaban J connectivity index is 2.16. The Morgan fingerprint density at radius 1 is 1.27 bits per heavy atom. The van der Waals surface area contributed by atoms with Gasteiger partial charge >= 0.3 is 6.09 Å². The van der Waals surface area contributed by atoms with Crippen molar-refractivity contribution in [2.75, 3.05) is 13.1 Å². The maximum atomic E-state index is 13.4. The summed E-state index contributed by atoms with van der Waals surface area (Å²) in [5.41, 5.74) is 1.07. The molecule has 0 saturated carbocycles. The van der Waals surface area contributed by atoms with E-state index in [2.05, 4.69) is 10.6 Å². The van der Waals surface area contributed by atoms with Crippen LogP contribution in [0.25, 0.3) is 0 Å². The number of aryl methyl sites for hydroxylation is 1. The summed E-state index contributed by atoms with van der Waals surface area (Å²) in [6.45, 7) is 8.86. The number of hydrogen-bond donors (Lipinski definition) is 2. The number of benzene rings is 1. The summed E-state index contributed by atoms with van der Waals surface area (Å²) in [5.74, 6) is -0.184. The standard InChI is InChI=1S/C17H25FN2O2/c1-13-7-8-14(11-15(13)18)12-19-9-5-6-10-20-16(21)22-17(2,3)4/h5-8,11,19H,9-10,12H2,1-4H3,(H,20,21)/b6-5+. The minimum Gasteiger partial charge on any atom is -0.444 e. The van der Waals surface area contributed by atoms with Crippen LogP contribution in [0.15, 0.2) is 30.4 Å². The molecule has 0 aliphatic rings. The molecule has 1 aromatic carbocycles. The Bertz CT molecular complexity index is 522. The molecule has 0 spiro atoms. The predicted molar refractivity (Wildman–Crippen MR) is 86.2 cm³/mol. The lowest BCUT2D eigenvalue weighted by atomic mass is 10.1. The highest BCUT2D eigenvalue weighted by Gasteiger charge is 2.14. The zero-order valence-corrected chi connectivity index (χ0v) is 13.7. The first kappa shape index (κ1) is 18.2. The number of carbonyl (C=O) groups is 1. The van der Waals surface area contributed by atoms with E-state index in [1.165, 1.54) is 6.07 Å². The lowest BCUT2D eigenvalue weighted by molar-refractivity contribution is 0.0534. The van der Waals surface area contributed by atoms with Crippen molar-refractivity contribution in [1.29, 1.82) is 0 Å². The first-order valence-electron chi connectivity index (χ1n) is 7.35. The third-order valence-corrected chi connectivity index (χ3v) is 2.76. The Hall–Kier alpha value is -1.88. The number of rotatable bonds is 6. The van der Waals surface area contributed by atoms with E-state index in [0.29, 0.717) is 25.2 Å². The van der Waals surface area contributed by atoms with Crippen molar-refractivity contribution in [1.82, 2.24) is 10.6 Å². The van der Waals surface area contributed by atoms with Gasteiger partial charge in [0.1, 0.15) is 11.4 Å². The highest BCUT2D eigenvalue weighted by Crippen LogP contribution is 2.08. The molecular weight excluding hydrogens is 283 g/mol. The van der Waals surface area contributed by atoms with Crippen molar-refractivity contribution < 1.29 is 13.9 Å². The van der Waals surface area contributed by atoms with E-state index >= 15 is 0 Å². The third-order valence-electron chi connectivity index (χ3n) is 2.76. The van der Waals surface area contributed by atoms with E-state index in [0.717, 1.165) is 5.56 Å². The van der Waals surface area contributed by atoms with Gasteiger partial charge in [-0.3, -0.25) is 0 Å². The van der Waals surface area contributed by atoms with Crippen molar-refractivity contribution in [3.8, 4) is 0 Å². The van der Waals surface area contributed by atoms with Crippen molar-refractivity contribution >= 4 is 6.09 Å². The normalized spacial score (nSPS) is 11.7. The Kier molecular flexibility index (Phi) is 7.05. The van der Waals surface area contributed by atoms with Gasteiger partial charge in [-0.25, -0.2) is 9.18 Å². The molecule has 0 aromatic heterocycles. The molecule has 0 heterocycles. The van der Waals surface area contributed by atoms with Gasteiger partial charge in [-0.15, -0.1) is 0 Å². The van der Waals surface area contributed by atoms with Gasteiger partial charge in [-0.2, -0.15) is 0 Å². The number of amides is 1. The van der Waals surface area contributed by atoms with E-state index in [9.17, 15) is 9.18 Å². The molecule has 1 amide bonds. The van der Waals surface area contributed by atoms with Crippen LogP contribution in [-0.4, -0.2) is 24.8 Å². The SMILES string of the molecule is Cc1ccc(CNC/C=C/CNC(=O)OC(C)(C)C)cc1F. The van der Waals surface area contributed by atoms with Crippen molar-refractivity contribution in [2.45, 2.75) is 39.8 Å². The molecule has 122 valence electrons. The van der Waals surface area contributed by atoms with Crippen LogP contribution in [0.3, 0.4) is 0 Å². The summed E-state index contributed by atoms with van der Waals surface area (Å²) in [6.07, 6.45) is 3.31. The first-order valence-corrected chi connectivity index (χ1v) is 7.35. The maximum absolute atomic E-state index is 13.4. The van der Waals surface area contributed by atoms with E-state index in [1.807, 2.05) is 39.0 Å². The van der Waals surface area contributed by atoms with Crippen LogP contribution in [0.1, 0.15) is 31.9 Å². The summed E-state index contributed by atoms with van der Waals surface area (Å²) >= 11 is 0. The molecule has 0 atom stereocenters. The molecule has 22 heavy (non-hydrogen) atoms. The largest absolute Gasteiger partial charge is 0.444 e. The van der Waals surface area contributed by atoms with Crippen molar-refractivity contribution in [3.05, 3.63) is 47.3 Å². The Morgan fingerprint density at radius 3 is 2.59 bits per heavy atom. The van der Waals surface area contributed by atoms with Gasteiger partial charge in [-0.05, 0) is 44.9 Å². The number of halogens is 1. The van der Waals surface area contributed by atoms with Crippen LogP contribution in [0.2, 0.25) is 0 Å². The van der Waals surface area contributed by atoms with Crippen LogP contribution in [-0.2, 0) is 11.3 Å². The number of alkyl carbamates (subject to hydrolysis) is 1. The van der Waals surface area contributed by atoms with Crippen LogP contribution in [0.4, 0.5) is 9.18 Å². The predicted octanol–water partition coefficient (Wildman–Crippen LogP) is 3.30. The van der Waals surface area contributed by atoms with Crippen LogP contribution in [0, 0.1) is 12.7 Å². The second kappa shape index (κ2) is 8.54. The molecule has 0 unspecified atom stereocenters. The quantitative estimate of drug-likeness (QED) is 0.626. The minimum atomic E-state index is -0.487. The molecule has 0 saturated heterocycles. The van der Waals surface area contributed by atoms with Crippen LogP contribution < -0.4 is 10.6 Å². The summed E-state index contributed by atoms with van der Waals surface area (Å²) in [7, 11) is 0.